The topological polar surface area (TPSA) is 93.8 Å². The maximum Gasteiger partial charge on any atom is 0.179 e. The number of nitrogen functional groups attached to an aromatic ring is 1. The standard InChI is InChI=1S/C10H15BrN6O/c11-10-14-7-8(12)15-16-9(7)17(10)3-1-6-5-13-2-4-18-6/h6,13H,1-5H2,(H3,12,15,16). The van der Waals surface area contributed by atoms with Crippen molar-refractivity contribution in [3.05, 3.63) is 4.73 Å². The first-order chi connectivity index (χ1) is 8.75. The fraction of sp³-hybridized carbons (Fsp3) is 0.600. The molecule has 0 aliphatic carbocycles. The Balaban J connectivity index is 1.75. The number of nitrogens with one attached hydrogen (secondary N) is 2. The fourth-order valence-corrected chi connectivity index (χ4v) is 2.70. The van der Waals surface area contributed by atoms with Crippen molar-refractivity contribution in [2.75, 3.05) is 25.4 Å². The van der Waals surface area contributed by atoms with Crippen LogP contribution in [-0.2, 0) is 11.3 Å². The van der Waals surface area contributed by atoms with Gasteiger partial charge in [-0.15, -0.1) is 0 Å². The molecule has 1 aliphatic heterocycles. The molecule has 0 radical (unpaired) electrons. The van der Waals surface area contributed by atoms with Gasteiger partial charge in [0.25, 0.3) is 0 Å². The van der Waals surface area contributed by atoms with E-state index < -0.39 is 0 Å². The van der Waals surface area contributed by atoms with Crippen LogP contribution in [0.25, 0.3) is 11.2 Å². The zero-order valence-electron chi connectivity index (χ0n) is 9.82. The van der Waals surface area contributed by atoms with Crippen LogP contribution in [0, 0.1) is 0 Å². The Morgan fingerprint density at radius 3 is 3.22 bits per heavy atom. The Morgan fingerprint density at radius 1 is 1.56 bits per heavy atom. The van der Waals surface area contributed by atoms with Crippen molar-refractivity contribution < 1.29 is 4.74 Å². The summed E-state index contributed by atoms with van der Waals surface area (Å²) < 4.78 is 8.46. The Hall–Kier alpha value is -1.12. The summed E-state index contributed by atoms with van der Waals surface area (Å²) in [5.74, 6) is 0.431. The van der Waals surface area contributed by atoms with Crippen LogP contribution in [0.1, 0.15) is 6.42 Å². The number of aromatic nitrogens is 4. The number of fused-ring (bicyclic) bond motifs is 1. The molecule has 1 saturated heterocycles. The smallest absolute Gasteiger partial charge is 0.179 e. The number of imidazole rings is 1. The highest BCUT2D eigenvalue weighted by molar-refractivity contribution is 9.10. The normalized spacial score (nSPS) is 20.6. The van der Waals surface area contributed by atoms with Crippen molar-refractivity contribution in [2.45, 2.75) is 19.1 Å². The summed E-state index contributed by atoms with van der Waals surface area (Å²) in [5, 5.41) is 10.2. The minimum Gasteiger partial charge on any atom is -0.380 e. The van der Waals surface area contributed by atoms with Gasteiger partial charge in [-0.1, -0.05) is 0 Å². The Kier molecular flexibility index (Phi) is 3.23. The molecule has 98 valence electrons. The molecule has 1 unspecified atom stereocenters. The number of ether oxygens (including phenoxy) is 1. The average molecular weight is 315 g/mol. The number of H-pyrrole nitrogens is 1. The van der Waals surface area contributed by atoms with E-state index in [9.17, 15) is 0 Å². The summed E-state index contributed by atoms with van der Waals surface area (Å²) in [6, 6.07) is 0. The number of morpholine rings is 1. The monoisotopic (exact) mass is 314 g/mol. The minimum absolute atomic E-state index is 0.253. The lowest BCUT2D eigenvalue weighted by molar-refractivity contribution is 0.0211. The van der Waals surface area contributed by atoms with Crippen molar-refractivity contribution in [3.8, 4) is 0 Å². The van der Waals surface area contributed by atoms with Gasteiger partial charge in [-0.05, 0) is 22.4 Å². The molecule has 0 bridgehead atoms. The highest BCUT2D eigenvalue weighted by Crippen LogP contribution is 2.22. The van der Waals surface area contributed by atoms with Crippen LogP contribution in [0.5, 0.6) is 0 Å². The van der Waals surface area contributed by atoms with Gasteiger partial charge in [-0.2, -0.15) is 5.10 Å². The lowest BCUT2D eigenvalue weighted by atomic mass is 10.2. The summed E-state index contributed by atoms with van der Waals surface area (Å²) in [6.45, 7) is 3.43. The van der Waals surface area contributed by atoms with Crippen LogP contribution in [-0.4, -0.2) is 45.5 Å². The van der Waals surface area contributed by atoms with E-state index in [-0.39, 0.29) is 6.10 Å². The van der Waals surface area contributed by atoms with Crippen LogP contribution in [0.2, 0.25) is 0 Å². The second kappa shape index (κ2) is 4.87. The molecule has 1 fully saturated rings. The number of nitrogens with two attached hydrogens (primary N) is 1. The minimum atomic E-state index is 0.253. The first kappa shape index (κ1) is 11.9. The van der Waals surface area contributed by atoms with Gasteiger partial charge in [0.1, 0.15) is 0 Å². The van der Waals surface area contributed by atoms with E-state index in [1.807, 2.05) is 4.57 Å². The molecule has 18 heavy (non-hydrogen) atoms. The van der Waals surface area contributed by atoms with E-state index in [2.05, 4.69) is 36.4 Å². The second-order valence-corrected chi connectivity index (χ2v) is 5.03. The highest BCUT2D eigenvalue weighted by atomic mass is 79.9. The molecule has 7 nitrogen and oxygen atoms in total. The maximum absolute atomic E-state index is 5.72. The summed E-state index contributed by atoms with van der Waals surface area (Å²) in [5.41, 5.74) is 7.29. The third-order valence-corrected chi connectivity index (χ3v) is 3.73. The number of aryl methyl sites for hydroxylation is 1. The predicted molar refractivity (Wildman–Crippen MR) is 71.2 cm³/mol. The number of halogens is 1. The highest BCUT2D eigenvalue weighted by Gasteiger charge is 2.17. The molecule has 4 N–H and O–H groups in total. The van der Waals surface area contributed by atoms with E-state index in [1.165, 1.54) is 0 Å². The summed E-state index contributed by atoms with van der Waals surface area (Å²) >= 11 is 3.44. The van der Waals surface area contributed by atoms with E-state index in [0.717, 1.165) is 43.0 Å². The lowest BCUT2D eigenvalue weighted by Gasteiger charge is -2.23. The quantitative estimate of drug-likeness (QED) is 0.766. The van der Waals surface area contributed by atoms with Gasteiger partial charge in [0.05, 0.1) is 12.7 Å². The van der Waals surface area contributed by atoms with E-state index in [4.69, 9.17) is 10.5 Å². The molecular formula is C10H15BrN6O. The van der Waals surface area contributed by atoms with Gasteiger partial charge in [0.15, 0.2) is 21.7 Å². The molecular weight excluding hydrogens is 300 g/mol. The predicted octanol–water partition coefficient (Wildman–Crippen LogP) is 0.483. The molecule has 8 heteroatoms. The molecule has 0 amide bonds. The van der Waals surface area contributed by atoms with Crippen molar-refractivity contribution >= 4 is 32.9 Å². The molecule has 0 aromatic carbocycles. The van der Waals surface area contributed by atoms with Gasteiger partial charge in [-0.25, -0.2) is 4.98 Å². The summed E-state index contributed by atoms with van der Waals surface area (Å²) in [7, 11) is 0. The zero-order chi connectivity index (χ0) is 12.5. The zero-order valence-corrected chi connectivity index (χ0v) is 11.4. The van der Waals surface area contributed by atoms with E-state index in [1.54, 1.807) is 0 Å². The fourth-order valence-electron chi connectivity index (χ4n) is 2.17. The lowest BCUT2D eigenvalue weighted by Crippen LogP contribution is -2.38. The van der Waals surface area contributed by atoms with E-state index in [0.29, 0.717) is 11.3 Å². The first-order valence-corrected chi connectivity index (χ1v) is 6.73. The van der Waals surface area contributed by atoms with Crippen molar-refractivity contribution in [1.82, 2.24) is 25.1 Å². The largest absolute Gasteiger partial charge is 0.380 e. The second-order valence-electron chi connectivity index (χ2n) is 4.32. The van der Waals surface area contributed by atoms with Crippen molar-refractivity contribution in [1.29, 1.82) is 0 Å². The molecule has 1 atom stereocenters. The molecule has 3 heterocycles. The third kappa shape index (κ3) is 2.11. The number of aromatic amines is 1. The molecule has 3 rings (SSSR count). The van der Waals surface area contributed by atoms with Crippen LogP contribution in [0.15, 0.2) is 4.73 Å². The van der Waals surface area contributed by atoms with E-state index >= 15 is 0 Å². The van der Waals surface area contributed by atoms with Crippen LogP contribution >= 0.6 is 15.9 Å². The van der Waals surface area contributed by atoms with Gasteiger partial charge in [-0.3, -0.25) is 5.10 Å². The summed E-state index contributed by atoms with van der Waals surface area (Å²) in [6.07, 6.45) is 1.18. The van der Waals surface area contributed by atoms with Crippen molar-refractivity contribution in [2.24, 2.45) is 0 Å². The first-order valence-electron chi connectivity index (χ1n) is 5.93. The number of anilines is 1. The number of hydrogen-bond acceptors (Lipinski definition) is 5. The number of rotatable bonds is 3. The average Bonchev–Trinajstić information content (AvgIpc) is 2.89. The number of hydrogen-bond donors (Lipinski definition) is 3. The molecule has 1 aliphatic rings. The molecule has 2 aromatic rings. The van der Waals surface area contributed by atoms with Gasteiger partial charge in [0, 0.05) is 19.6 Å². The third-order valence-electron chi connectivity index (χ3n) is 3.12. The van der Waals surface area contributed by atoms with Gasteiger partial charge < -0.3 is 20.4 Å². The Morgan fingerprint density at radius 2 is 2.44 bits per heavy atom. The SMILES string of the molecule is Nc1n[nH]c2c1nc(Br)n2CCC1CNCCO1. The van der Waals surface area contributed by atoms with Gasteiger partial charge in [0.2, 0.25) is 0 Å². The summed E-state index contributed by atoms with van der Waals surface area (Å²) in [4.78, 5) is 4.34. The maximum atomic E-state index is 5.72. The molecule has 0 saturated carbocycles. The molecule has 0 spiro atoms. The van der Waals surface area contributed by atoms with Gasteiger partial charge >= 0.3 is 0 Å². The van der Waals surface area contributed by atoms with Crippen molar-refractivity contribution in [3.63, 3.8) is 0 Å². The Labute approximate surface area is 112 Å². The molecule has 2 aromatic heterocycles. The Bertz CT molecular complexity index is 544. The van der Waals surface area contributed by atoms with Crippen LogP contribution in [0.4, 0.5) is 5.82 Å². The van der Waals surface area contributed by atoms with Crippen LogP contribution in [0.3, 0.4) is 0 Å². The van der Waals surface area contributed by atoms with Crippen LogP contribution < -0.4 is 11.1 Å². The number of nitrogens with zero attached hydrogens (tertiary/aromatic N) is 3.